The van der Waals surface area contributed by atoms with Gasteiger partial charge in [0, 0.05) is 32.6 Å². The van der Waals surface area contributed by atoms with E-state index in [1.807, 2.05) is 6.07 Å². The maximum atomic E-state index is 12.4. The predicted molar refractivity (Wildman–Crippen MR) is 109 cm³/mol. The van der Waals surface area contributed by atoms with Gasteiger partial charge >= 0.3 is 5.97 Å². The van der Waals surface area contributed by atoms with E-state index in [0.29, 0.717) is 17.7 Å². The molecule has 1 aliphatic heterocycles. The van der Waals surface area contributed by atoms with Gasteiger partial charge in [0.2, 0.25) is 5.91 Å². The average molecular weight is 376 g/mol. The van der Waals surface area contributed by atoms with Crippen molar-refractivity contribution in [3.8, 4) is 0 Å². The van der Waals surface area contributed by atoms with Crippen molar-refractivity contribution < 1.29 is 14.3 Å². The van der Waals surface area contributed by atoms with Gasteiger partial charge in [0.1, 0.15) is 0 Å². The monoisotopic (exact) mass is 375 g/mol. The molecule has 1 aromatic rings. The van der Waals surface area contributed by atoms with E-state index >= 15 is 0 Å². The summed E-state index contributed by atoms with van der Waals surface area (Å²) in [5.41, 5.74) is 2.12. The molecule has 2 rings (SSSR count). The first-order valence-corrected chi connectivity index (χ1v) is 10.1. The number of unbranched alkanes of at least 4 members (excludes halogenated alkanes) is 3. The number of piperazine rings is 1. The number of carbonyl (C=O) groups is 2. The molecule has 6 nitrogen and oxygen atoms in total. The highest BCUT2D eigenvalue weighted by atomic mass is 16.5. The van der Waals surface area contributed by atoms with Crippen molar-refractivity contribution in [3.63, 3.8) is 0 Å². The number of anilines is 2. The molecule has 1 aromatic carbocycles. The molecule has 1 heterocycles. The quantitative estimate of drug-likeness (QED) is 0.528. The highest BCUT2D eigenvalue weighted by Crippen LogP contribution is 2.29. The lowest BCUT2D eigenvalue weighted by atomic mass is 10.1. The van der Waals surface area contributed by atoms with Crippen LogP contribution in [0.15, 0.2) is 18.2 Å². The van der Waals surface area contributed by atoms with Crippen LogP contribution in [0.25, 0.3) is 0 Å². The second-order valence-corrected chi connectivity index (χ2v) is 7.00. The molecule has 1 aliphatic rings. The molecule has 0 radical (unpaired) electrons. The minimum absolute atomic E-state index is 0.00145. The third-order valence-corrected chi connectivity index (χ3v) is 5.11. The van der Waals surface area contributed by atoms with Gasteiger partial charge in [-0.2, -0.15) is 0 Å². The summed E-state index contributed by atoms with van der Waals surface area (Å²) in [5, 5.41) is 3.03. The SMILES string of the molecule is CCCCCCC(=O)Nc1cc(C(=O)OC)ccc1N1CCN(CC)CC1. The summed E-state index contributed by atoms with van der Waals surface area (Å²) in [6.07, 6.45) is 4.76. The third-order valence-electron chi connectivity index (χ3n) is 5.11. The van der Waals surface area contributed by atoms with Crippen molar-refractivity contribution in [3.05, 3.63) is 23.8 Å². The van der Waals surface area contributed by atoms with Gasteiger partial charge in [-0.3, -0.25) is 4.79 Å². The number of amides is 1. The van der Waals surface area contributed by atoms with Crippen LogP contribution in [0, 0.1) is 0 Å². The van der Waals surface area contributed by atoms with Gasteiger partial charge in [-0.1, -0.05) is 33.1 Å². The Kier molecular flexibility index (Phi) is 8.58. The summed E-state index contributed by atoms with van der Waals surface area (Å²) >= 11 is 0. The van der Waals surface area contributed by atoms with E-state index in [1.54, 1.807) is 12.1 Å². The van der Waals surface area contributed by atoms with Gasteiger partial charge in [0.25, 0.3) is 0 Å². The largest absolute Gasteiger partial charge is 0.465 e. The topological polar surface area (TPSA) is 61.9 Å². The number of ether oxygens (including phenoxy) is 1. The summed E-state index contributed by atoms with van der Waals surface area (Å²) in [5.74, 6) is -0.391. The second-order valence-electron chi connectivity index (χ2n) is 7.00. The molecule has 0 bridgehead atoms. The van der Waals surface area contributed by atoms with Gasteiger partial charge in [0.15, 0.2) is 0 Å². The van der Waals surface area contributed by atoms with Crippen molar-refractivity contribution in [2.75, 3.05) is 50.1 Å². The minimum Gasteiger partial charge on any atom is -0.465 e. The van der Waals surface area contributed by atoms with E-state index < -0.39 is 5.97 Å². The number of hydrogen-bond acceptors (Lipinski definition) is 5. The number of likely N-dealkylation sites (N-methyl/N-ethyl adjacent to an activating group) is 1. The fraction of sp³-hybridized carbons (Fsp3) is 0.619. The van der Waals surface area contributed by atoms with Gasteiger partial charge in [-0.25, -0.2) is 4.79 Å². The van der Waals surface area contributed by atoms with E-state index in [-0.39, 0.29) is 5.91 Å². The van der Waals surface area contributed by atoms with Crippen LogP contribution in [0.5, 0.6) is 0 Å². The lowest BCUT2D eigenvalue weighted by Crippen LogP contribution is -2.46. The molecule has 6 heteroatoms. The number of benzene rings is 1. The highest BCUT2D eigenvalue weighted by molar-refractivity contribution is 5.98. The number of hydrogen-bond donors (Lipinski definition) is 1. The number of methoxy groups -OCH3 is 1. The van der Waals surface area contributed by atoms with E-state index in [2.05, 4.69) is 29.0 Å². The maximum Gasteiger partial charge on any atom is 0.337 e. The molecule has 0 saturated carbocycles. The lowest BCUT2D eigenvalue weighted by molar-refractivity contribution is -0.116. The molecule has 0 spiro atoms. The van der Waals surface area contributed by atoms with Crippen LogP contribution in [-0.4, -0.2) is 56.6 Å². The maximum absolute atomic E-state index is 12.4. The van der Waals surface area contributed by atoms with Crippen LogP contribution in [0.2, 0.25) is 0 Å². The molecule has 1 saturated heterocycles. The molecule has 150 valence electrons. The zero-order valence-corrected chi connectivity index (χ0v) is 16.9. The summed E-state index contributed by atoms with van der Waals surface area (Å²) in [7, 11) is 1.37. The van der Waals surface area contributed by atoms with E-state index in [4.69, 9.17) is 4.74 Å². The Morgan fingerprint density at radius 2 is 1.81 bits per heavy atom. The summed E-state index contributed by atoms with van der Waals surface area (Å²) in [4.78, 5) is 29.0. The molecular weight excluding hydrogens is 342 g/mol. The molecule has 1 N–H and O–H groups in total. The van der Waals surface area contributed by atoms with E-state index in [1.165, 1.54) is 7.11 Å². The van der Waals surface area contributed by atoms with Crippen LogP contribution in [-0.2, 0) is 9.53 Å². The first-order valence-electron chi connectivity index (χ1n) is 10.1. The highest BCUT2D eigenvalue weighted by Gasteiger charge is 2.20. The summed E-state index contributed by atoms with van der Waals surface area (Å²) in [6, 6.07) is 5.42. The number of carbonyl (C=O) groups excluding carboxylic acids is 2. The van der Waals surface area contributed by atoms with E-state index in [9.17, 15) is 9.59 Å². The lowest BCUT2D eigenvalue weighted by Gasteiger charge is -2.36. The summed E-state index contributed by atoms with van der Waals surface area (Å²) in [6.45, 7) is 9.19. The van der Waals surface area contributed by atoms with E-state index in [0.717, 1.165) is 64.1 Å². The average Bonchev–Trinajstić information content (AvgIpc) is 2.70. The first-order chi connectivity index (χ1) is 13.1. The second kappa shape index (κ2) is 10.9. The Morgan fingerprint density at radius 1 is 1.07 bits per heavy atom. The molecule has 0 aromatic heterocycles. The molecule has 0 atom stereocenters. The number of esters is 1. The minimum atomic E-state index is -0.393. The Hall–Kier alpha value is -2.08. The normalized spacial score (nSPS) is 14.9. The van der Waals surface area contributed by atoms with Crippen LogP contribution in [0.3, 0.4) is 0 Å². The zero-order chi connectivity index (χ0) is 19.6. The van der Waals surface area contributed by atoms with Gasteiger partial charge < -0.3 is 19.9 Å². The predicted octanol–water partition coefficient (Wildman–Crippen LogP) is 3.52. The van der Waals surface area contributed by atoms with Crippen LogP contribution < -0.4 is 10.2 Å². The third kappa shape index (κ3) is 6.24. The number of rotatable bonds is 9. The number of nitrogens with one attached hydrogen (secondary N) is 1. The van der Waals surface area contributed by atoms with Crippen molar-refractivity contribution in [2.45, 2.75) is 46.0 Å². The van der Waals surface area contributed by atoms with Gasteiger partial charge in [-0.05, 0) is 31.2 Å². The van der Waals surface area contributed by atoms with Crippen molar-refractivity contribution in [2.24, 2.45) is 0 Å². The summed E-state index contributed by atoms with van der Waals surface area (Å²) < 4.78 is 4.83. The van der Waals surface area contributed by atoms with Crippen LogP contribution >= 0.6 is 0 Å². The molecule has 27 heavy (non-hydrogen) atoms. The van der Waals surface area contributed by atoms with Crippen LogP contribution in [0.4, 0.5) is 11.4 Å². The number of nitrogens with zero attached hydrogens (tertiary/aromatic N) is 2. The Balaban J connectivity index is 2.12. The van der Waals surface area contributed by atoms with Gasteiger partial charge in [0.05, 0.1) is 24.0 Å². The van der Waals surface area contributed by atoms with Crippen molar-refractivity contribution >= 4 is 23.3 Å². The smallest absolute Gasteiger partial charge is 0.337 e. The standard InChI is InChI=1S/C21H33N3O3/c1-4-6-7-8-9-20(25)22-18-16-17(21(26)27-3)10-11-19(18)24-14-12-23(5-2)13-15-24/h10-11,16H,4-9,12-15H2,1-3H3,(H,22,25). The fourth-order valence-corrected chi connectivity index (χ4v) is 3.39. The first kappa shape index (κ1) is 21.2. The Bertz CT molecular complexity index is 625. The molecule has 0 aliphatic carbocycles. The Morgan fingerprint density at radius 3 is 2.44 bits per heavy atom. The molecule has 1 amide bonds. The van der Waals surface area contributed by atoms with Crippen molar-refractivity contribution in [1.82, 2.24) is 4.90 Å². The molecular formula is C21H33N3O3. The molecule has 0 unspecified atom stereocenters. The zero-order valence-electron chi connectivity index (χ0n) is 16.9. The molecule has 1 fully saturated rings. The van der Waals surface area contributed by atoms with Crippen molar-refractivity contribution in [1.29, 1.82) is 0 Å². The fourth-order valence-electron chi connectivity index (χ4n) is 3.39. The van der Waals surface area contributed by atoms with Gasteiger partial charge in [-0.15, -0.1) is 0 Å². The van der Waals surface area contributed by atoms with Crippen LogP contribution in [0.1, 0.15) is 56.3 Å². The Labute approximate surface area is 162 Å².